The van der Waals surface area contributed by atoms with Crippen LogP contribution < -0.4 is 5.14 Å². The van der Waals surface area contributed by atoms with Crippen LogP contribution in [-0.2, 0) is 17.1 Å². The Bertz CT molecular complexity index is 825. The Kier molecular flexibility index (Phi) is 4.26. The molecular formula is C14H18N4O3S2. The van der Waals surface area contributed by atoms with E-state index in [1.54, 1.807) is 15.8 Å². The second-order valence-electron chi connectivity index (χ2n) is 5.65. The largest absolute Gasteiger partial charge is 0.331 e. The minimum atomic E-state index is -3.78. The minimum Gasteiger partial charge on any atom is -0.331 e. The maximum absolute atomic E-state index is 12.8. The SMILES string of the molecule is Cn1cc(C2CCCCN2C(=O)c2cc(S(N)(=O)=O)cs2)cn1. The van der Waals surface area contributed by atoms with Crippen LogP contribution in [0.15, 0.2) is 28.7 Å². The molecular weight excluding hydrogens is 336 g/mol. The predicted octanol–water partition coefficient (Wildman–Crippen LogP) is 1.50. The molecule has 0 radical (unpaired) electrons. The highest BCUT2D eigenvalue weighted by Gasteiger charge is 2.30. The monoisotopic (exact) mass is 354 g/mol. The van der Waals surface area contributed by atoms with Gasteiger partial charge in [-0.2, -0.15) is 5.10 Å². The molecule has 3 rings (SSSR count). The van der Waals surface area contributed by atoms with E-state index in [9.17, 15) is 13.2 Å². The highest BCUT2D eigenvalue weighted by Crippen LogP contribution is 2.33. The number of aromatic nitrogens is 2. The third kappa shape index (κ3) is 3.31. The summed E-state index contributed by atoms with van der Waals surface area (Å²) in [6.07, 6.45) is 6.57. The molecule has 9 heteroatoms. The van der Waals surface area contributed by atoms with Gasteiger partial charge in [0.2, 0.25) is 10.0 Å². The summed E-state index contributed by atoms with van der Waals surface area (Å²) in [6, 6.07) is 1.34. The number of hydrogen-bond donors (Lipinski definition) is 1. The normalized spacial score (nSPS) is 19.0. The van der Waals surface area contributed by atoms with E-state index in [0.717, 1.165) is 36.2 Å². The van der Waals surface area contributed by atoms with Gasteiger partial charge in [0.1, 0.15) is 0 Å². The van der Waals surface area contributed by atoms with Crippen LogP contribution in [-0.4, -0.2) is 35.6 Å². The summed E-state index contributed by atoms with van der Waals surface area (Å²) in [4.78, 5) is 15.0. The molecule has 0 aromatic carbocycles. The number of aryl methyl sites for hydroxylation is 1. The lowest BCUT2D eigenvalue weighted by atomic mass is 9.97. The van der Waals surface area contributed by atoms with Gasteiger partial charge in [0.15, 0.2) is 0 Å². The van der Waals surface area contributed by atoms with Crippen molar-refractivity contribution >= 4 is 27.3 Å². The molecule has 0 spiro atoms. The fourth-order valence-corrected chi connectivity index (χ4v) is 4.62. The Labute approximate surface area is 138 Å². The number of carbonyl (C=O) groups excluding carboxylic acids is 1. The summed E-state index contributed by atoms with van der Waals surface area (Å²) in [5.41, 5.74) is 1.00. The van der Waals surface area contributed by atoms with E-state index < -0.39 is 10.0 Å². The Hall–Kier alpha value is -1.71. The summed E-state index contributed by atoms with van der Waals surface area (Å²) < 4.78 is 24.5. The van der Waals surface area contributed by atoms with Crippen molar-refractivity contribution in [2.45, 2.75) is 30.2 Å². The summed E-state index contributed by atoms with van der Waals surface area (Å²) >= 11 is 1.11. The van der Waals surface area contributed by atoms with Crippen molar-refractivity contribution in [1.82, 2.24) is 14.7 Å². The number of sulfonamides is 1. The van der Waals surface area contributed by atoms with Crippen molar-refractivity contribution in [3.05, 3.63) is 34.3 Å². The van der Waals surface area contributed by atoms with E-state index in [4.69, 9.17) is 5.14 Å². The molecule has 1 amide bonds. The third-order valence-electron chi connectivity index (χ3n) is 3.99. The zero-order chi connectivity index (χ0) is 16.6. The molecule has 3 heterocycles. The molecule has 1 saturated heterocycles. The molecule has 124 valence electrons. The maximum Gasteiger partial charge on any atom is 0.264 e. The smallest absolute Gasteiger partial charge is 0.264 e. The third-order valence-corrected chi connectivity index (χ3v) is 5.95. The number of hydrogen-bond acceptors (Lipinski definition) is 5. The van der Waals surface area contributed by atoms with E-state index >= 15 is 0 Å². The zero-order valence-corrected chi connectivity index (χ0v) is 14.3. The van der Waals surface area contributed by atoms with Crippen molar-refractivity contribution in [2.75, 3.05) is 6.54 Å². The lowest BCUT2D eigenvalue weighted by Crippen LogP contribution is -2.38. The van der Waals surface area contributed by atoms with Crippen molar-refractivity contribution in [3.8, 4) is 0 Å². The number of nitrogens with two attached hydrogens (primary N) is 1. The second-order valence-corrected chi connectivity index (χ2v) is 8.12. The Balaban J connectivity index is 1.88. The van der Waals surface area contributed by atoms with Crippen LogP contribution in [0.1, 0.15) is 40.5 Å². The first kappa shape index (κ1) is 16.2. The van der Waals surface area contributed by atoms with Crippen LogP contribution >= 0.6 is 11.3 Å². The predicted molar refractivity (Wildman–Crippen MR) is 86.5 cm³/mol. The fourth-order valence-electron chi connectivity index (χ4n) is 2.86. The molecule has 1 aliphatic heterocycles. The van der Waals surface area contributed by atoms with Gasteiger partial charge in [0.05, 0.1) is 22.0 Å². The van der Waals surface area contributed by atoms with Gasteiger partial charge >= 0.3 is 0 Å². The van der Waals surface area contributed by atoms with Crippen molar-refractivity contribution in [3.63, 3.8) is 0 Å². The van der Waals surface area contributed by atoms with Gasteiger partial charge < -0.3 is 4.90 Å². The molecule has 1 unspecified atom stereocenters. The quantitative estimate of drug-likeness (QED) is 0.903. The van der Waals surface area contributed by atoms with Crippen molar-refractivity contribution in [2.24, 2.45) is 12.2 Å². The number of thiophene rings is 1. The average molecular weight is 354 g/mol. The molecule has 0 saturated carbocycles. The molecule has 0 bridgehead atoms. The topological polar surface area (TPSA) is 98.3 Å². The molecule has 2 aromatic heterocycles. The molecule has 23 heavy (non-hydrogen) atoms. The van der Waals surface area contributed by atoms with E-state index in [1.165, 1.54) is 11.4 Å². The fraction of sp³-hybridized carbons (Fsp3) is 0.429. The van der Waals surface area contributed by atoms with E-state index in [-0.39, 0.29) is 16.8 Å². The van der Waals surface area contributed by atoms with E-state index in [0.29, 0.717) is 11.4 Å². The van der Waals surface area contributed by atoms with Crippen LogP contribution in [0.3, 0.4) is 0 Å². The summed E-state index contributed by atoms with van der Waals surface area (Å²) in [5, 5.41) is 10.7. The molecule has 0 aliphatic carbocycles. The van der Waals surface area contributed by atoms with Crippen LogP contribution in [0.4, 0.5) is 0 Å². The zero-order valence-electron chi connectivity index (χ0n) is 12.7. The van der Waals surface area contributed by atoms with Gasteiger partial charge in [-0.25, -0.2) is 13.6 Å². The van der Waals surface area contributed by atoms with Gasteiger partial charge in [0.25, 0.3) is 5.91 Å². The van der Waals surface area contributed by atoms with Crippen molar-refractivity contribution < 1.29 is 13.2 Å². The number of likely N-dealkylation sites (tertiary alicyclic amines) is 1. The number of amides is 1. The first-order valence-corrected chi connectivity index (χ1v) is 9.70. The summed E-state index contributed by atoms with van der Waals surface area (Å²) in [6.45, 7) is 0.654. The Morgan fingerprint density at radius 2 is 2.22 bits per heavy atom. The van der Waals surface area contributed by atoms with Gasteiger partial charge in [-0.05, 0) is 25.3 Å². The summed E-state index contributed by atoms with van der Waals surface area (Å²) in [7, 11) is -1.94. The van der Waals surface area contributed by atoms with E-state index in [1.807, 2.05) is 13.2 Å². The molecule has 2 aromatic rings. The van der Waals surface area contributed by atoms with Gasteiger partial charge in [-0.3, -0.25) is 9.48 Å². The highest BCUT2D eigenvalue weighted by atomic mass is 32.2. The lowest BCUT2D eigenvalue weighted by molar-refractivity contribution is 0.0616. The number of primary sulfonamides is 1. The van der Waals surface area contributed by atoms with Gasteiger partial charge in [-0.15, -0.1) is 11.3 Å². The number of piperidine rings is 1. The van der Waals surface area contributed by atoms with Gasteiger partial charge in [-0.1, -0.05) is 0 Å². The van der Waals surface area contributed by atoms with Crippen LogP contribution in [0.25, 0.3) is 0 Å². The van der Waals surface area contributed by atoms with Gasteiger partial charge in [0, 0.05) is 30.7 Å². The highest BCUT2D eigenvalue weighted by molar-refractivity contribution is 7.89. The van der Waals surface area contributed by atoms with Crippen LogP contribution in [0.2, 0.25) is 0 Å². The minimum absolute atomic E-state index is 0.0132. The summed E-state index contributed by atoms with van der Waals surface area (Å²) in [5.74, 6) is -0.154. The van der Waals surface area contributed by atoms with Crippen molar-refractivity contribution in [1.29, 1.82) is 0 Å². The molecule has 7 nitrogen and oxygen atoms in total. The molecule has 1 atom stereocenters. The van der Waals surface area contributed by atoms with Crippen LogP contribution in [0, 0.1) is 0 Å². The Morgan fingerprint density at radius 1 is 1.43 bits per heavy atom. The number of nitrogens with zero attached hydrogens (tertiary/aromatic N) is 3. The van der Waals surface area contributed by atoms with E-state index in [2.05, 4.69) is 5.10 Å². The molecule has 1 aliphatic rings. The average Bonchev–Trinajstić information content (AvgIpc) is 3.15. The number of carbonyl (C=O) groups is 1. The molecule has 2 N–H and O–H groups in total. The first-order chi connectivity index (χ1) is 10.9. The standard InChI is InChI=1S/C14H18N4O3S2/c1-17-8-10(7-16-17)12-4-2-3-5-18(12)14(19)13-6-11(9-22-13)23(15,20)21/h6-9,12H,2-5H2,1H3,(H2,15,20,21). The first-order valence-electron chi connectivity index (χ1n) is 7.27. The maximum atomic E-state index is 12.8. The molecule has 1 fully saturated rings. The lowest BCUT2D eigenvalue weighted by Gasteiger charge is -2.35. The second kappa shape index (κ2) is 6.06. The number of rotatable bonds is 3. The van der Waals surface area contributed by atoms with Crippen LogP contribution in [0.5, 0.6) is 0 Å². The Morgan fingerprint density at radius 3 is 2.83 bits per heavy atom.